The zero-order chi connectivity index (χ0) is 25.0. The number of hydrogen-bond donors (Lipinski definition) is 0. The van der Waals surface area contributed by atoms with Gasteiger partial charge < -0.3 is 9.31 Å². The van der Waals surface area contributed by atoms with Crippen molar-refractivity contribution in [2.45, 2.75) is 83.8 Å². The smallest absolute Gasteiger partial charge is 0.399 e. The fourth-order valence-corrected chi connectivity index (χ4v) is 8.79. The van der Waals surface area contributed by atoms with Gasteiger partial charge in [0, 0.05) is 5.41 Å². The molecule has 0 amide bonds. The first-order valence-electron chi connectivity index (χ1n) is 14.1. The second kappa shape index (κ2) is 7.48. The molecular formula is C33H39BO2. The molecule has 3 heteroatoms. The Balaban J connectivity index is 1.54. The summed E-state index contributed by atoms with van der Waals surface area (Å²) in [5.74, 6) is 2.85. The fraction of sp³-hybridized carbons (Fsp3) is 0.515. The van der Waals surface area contributed by atoms with Gasteiger partial charge in [-0.1, -0.05) is 68.4 Å². The quantitative estimate of drug-likeness (QED) is 0.337. The maximum Gasteiger partial charge on any atom is 0.495 e. The third-order valence-electron chi connectivity index (χ3n) is 10.8. The van der Waals surface area contributed by atoms with Crippen molar-refractivity contribution in [1.29, 1.82) is 0 Å². The van der Waals surface area contributed by atoms with E-state index in [0.717, 1.165) is 11.8 Å². The number of rotatable bonds is 1. The van der Waals surface area contributed by atoms with Gasteiger partial charge >= 0.3 is 7.12 Å². The van der Waals surface area contributed by atoms with Crippen LogP contribution in [0.2, 0.25) is 0 Å². The van der Waals surface area contributed by atoms with Gasteiger partial charge in [-0.3, -0.25) is 0 Å². The highest BCUT2D eigenvalue weighted by molar-refractivity contribution is 6.63. The van der Waals surface area contributed by atoms with Crippen molar-refractivity contribution in [1.82, 2.24) is 0 Å². The molecule has 3 aliphatic carbocycles. The van der Waals surface area contributed by atoms with Crippen molar-refractivity contribution in [3.05, 3.63) is 65.7 Å². The molecule has 2 bridgehead atoms. The molecule has 1 spiro atoms. The van der Waals surface area contributed by atoms with Crippen LogP contribution in [0, 0.1) is 23.7 Å². The summed E-state index contributed by atoms with van der Waals surface area (Å²) in [4.78, 5) is 0. The average molecular weight is 478 g/mol. The molecule has 5 unspecified atom stereocenters. The van der Waals surface area contributed by atoms with Crippen LogP contribution in [0.3, 0.4) is 0 Å². The number of fused-ring (bicyclic) bond motifs is 10. The van der Waals surface area contributed by atoms with Gasteiger partial charge in [0.05, 0.1) is 11.2 Å². The minimum absolute atomic E-state index is 0.00308. The lowest BCUT2D eigenvalue weighted by atomic mass is 9.47. The third kappa shape index (κ3) is 2.88. The molecule has 0 aromatic heterocycles. The van der Waals surface area contributed by atoms with Crippen molar-refractivity contribution >= 4 is 23.4 Å². The molecule has 1 heterocycles. The van der Waals surface area contributed by atoms with Gasteiger partial charge in [-0.25, -0.2) is 0 Å². The highest BCUT2D eigenvalue weighted by atomic mass is 16.7. The van der Waals surface area contributed by atoms with Crippen LogP contribution in [0.1, 0.15) is 78.4 Å². The van der Waals surface area contributed by atoms with E-state index in [0.29, 0.717) is 11.8 Å². The van der Waals surface area contributed by atoms with Crippen molar-refractivity contribution in [2.75, 3.05) is 0 Å². The van der Waals surface area contributed by atoms with E-state index in [1.807, 2.05) is 0 Å². The lowest BCUT2D eigenvalue weighted by Crippen LogP contribution is -2.53. The Bertz CT molecular complexity index is 1350. The van der Waals surface area contributed by atoms with Crippen molar-refractivity contribution in [3.8, 4) is 11.1 Å². The van der Waals surface area contributed by atoms with Crippen LogP contribution in [0.15, 0.2) is 54.6 Å². The van der Waals surface area contributed by atoms with Crippen LogP contribution < -0.4 is 5.46 Å². The molecule has 0 N–H and O–H groups in total. The molecular weight excluding hydrogens is 439 g/mol. The average Bonchev–Trinajstić information content (AvgIpc) is 3.25. The lowest BCUT2D eigenvalue weighted by molar-refractivity contribution is 0.00578. The van der Waals surface area contributed by atoms with Gasteiger partial charge in [0.1, 0.15) is 0 Å². The van der Waals surface area contributed by atoms with Crippen molar-refractivity contribution < 1.29 is 9.31 Å². The van der Waals surface area contributed by atoms with Crippen molar-refractivity contribution in [3.63, 3.8) is 0 Å². The lowest BCUT2D eigenvalue weighted by Gasteiger charge is -2.55. The first-order chi connectivity index (χ1) is 17.1. The molecule has 2 nitrogen and oxygen atoms in total. The van der Waals surface area contributed by atoms with E-state index in [-0.39, 0.29) is 23.7 Å². The topological polar surface area (TPSA) is 18.5 Å². The maximum atomic E-state index is 6.73. The Hall–Kier alpha value is -2.10. The number of hydrogen-bond acceptors (Lipinski definition) is 2. The maximum absolute atomic E-state index is 6.73. The monoisotopic (exact) mass is 478 g/mol. The highest BCUT2D eigenvalue weighted by Gasteiger charge is 2.60. The second-order valence-electron chi connectivity index (χ2n) is 13.4. The van der Waals surface area contributed by atoms with E-state index in [9.17, 15) is 0 Å². The zero-order valence-corrected chi connectivity index (χ0v) is 22.7. The van der Waals surface area contributed by atoms with E-state index in [1.165, 1.54) is 58.6 Å². The molecule has 3 aromatic rings. The zero-order valence-electron chi connectivity index (χ0n) is 22.7. The molecule has 7 rings (SSSR count). The fourth-order valence-electron chi connectivity index (χ4n) is 8.79. The largest absolute Gasteiger partial charge is 0.495 e. The summed E-state index contributed by atoms with van der Waals surface area (Å²) in [5.41, 5.74) is 6.50. The van der Waals surface area contributed by atoms with Crippen LogP contribution in [0.5, 0.6) is 0 Å². The van der Waals surface area contributed by atoms with E-state index in [4.69, 9.17) is 9.31 Å². The minimum Gasteiger partial charge on any atom is -0.399 e. The molecule has 186 valence electrons. The molecule has 5 atom stereocenters. The molecule has 0 radical (unpaired) electrons. The van der Waals surface area contributed by atoms with E-state index >= 15 is 0 Å². The summed E-state index contributed by atoms with van der Waals surface area (Å²) in [6.07, 6.45) is 5.35. The van der Waals surface area contributed by atoms with Gasteiger partial charge in [0.15, 0.2) is 0 Å². The predicted molar refractivity (Wildman–Crippen MR) is 150 cm³/mol. The third-order valence-corrected chi connectivity index (χ3v) is 10.8. The summed E-state index contributed by atoms with van der Waals surface area (Å²) >= 11 is 0. The standard InChI is InChI=1S/C33H39BO2/c1-20-16-22-18-21(2)33(24(17-20)19-22)29-25-11-8-7-10-23(25)14-15-27(29)26-12-9-13-28(30(26)33)34-35-31(3,4)32(5,6)36-34/h7-15,20-22,24H,16-19H2,1-6H3. The Labute approximate surface area is 216 Å². The molecule has 36 heavy (non-hydrogen) atoms. The first-order valence-corrected chi connectivity index (χ1v) is 14.1. The molecule has 3 fully saturated rings. The highest BCUT2D eigenvalue weighted by Crippen LogP contribution is 2.65. The Morgan fingerprint density at radius 2 is 1.44 bits per heavy atom. The Morgan fingerprint density at radius 1 is 0.722 bits per heavy atom. The molecule has 4 aliphatic rings. The molecule has 1 saturated heterocycles. The van der Waals surface area contributed by atoms with Crippen LogP contribution in [-0.4, -0.2) is 18.3 Å². The van der Waals surface area contributed by atoms with E-state index in [1.54, 1.807) is 5.56 Å². The minimum atomic E-state index is -0.353. The first kappa shape index (κ1) is 23.1. The summed E-state index contributed by atoms with van der Waals surface area (Å²) in [6.45, 7) is 13.7. The van der Waals surface area contributed by atoms with Crippen LogP contribution in [0.4, 0.5) is 0 Å². The van der Waals surface area contributed by atoms with Crippen LogP contribution >= 0.6 is 0 Å². The number of benzene rings is 3. The summed E-state index contributed by atoms with van der Waals surface area (Å²) in [5, 5.41) is 2.80. The normalized spacial score (nSPS) is 33.7. The van der Waals surface area contributed by atoms with E-state index < -0.39 is 0 Å². The predicted octanol–water partition coefficient (Wildman–Crippen LogP) is 7.50. The van der Waals surface area contributed by atoms with E-state index in [2.05, 4.69) is 96.1 Å². The van der Waals surface area contributed by atoms with Gasteiger partial charge in [-0.15, -0.1) is 0 Å². The molecule has 2 saturated carbocycles. The van der Waals surface area contributed by atoms with Gasteiger partial charge in [-0.05, 0) is 116 Å². The Morgan fingerprint density at radius 3 is 2.22 bits per heavy atom. The molecule has 3 aromatic carbocycles. The summed E-state index contributed by atoms with van der Waals surface area (Å²) < 4.78 is 13.5. The van der Waals surface area contributed by atoms with Crippen LogP contribution in [0.25, 0.3) is 21.9 Å². The molecule has 1 aliphatic heterocycles. The SMILES string of the molecule is CC1CC2CC(C)C3(c4c(B5OC(C)(C)C(C)(C)O5)cccc4-c4ccc5ccccc5c43)C(C1)C2. The summed E-state index contributed by atoms with van der Waals surface area (Å²) in [6, 6.07) is 20.7. The summed E-state index contributed by atoms with van der Waals surface area (Å²) in [7, 11) is -0.340. The Kier molecular flexibility index (Phi) is 4.79. The van der Waals surface area contributed by atoms with Crippen LogP contribution in [-0.2, 0) is 14.7 Å². The second-order valence-corrected chi connectivity index (χ2v) is 13.4. The van der Waals surface area contributed by atoms with Gasteiger partial charge in [0.2, 0.25) is 0 Å². The van der Waals surface area contributed by atoms with Crippen molar-refractivity contribution in [2.24, 2.45) is 23.7 Å². The van der Waals surface area contributed by atoms with Gasteiger partial charge in [-0.2, -0.15) is 0 Å². The van der Waals surface area contributed by atoms with Gasteiger partial charge in [0.25, 0.3) is 0 Å².